The molecule has 0 aliphatic rings. The number of pyridine rings is 1. The molecule has 0 aliphatic heterocycles. The lowest BCUT2D eigenvalue weighted by Crippen LogP contribution is -1.96. The number of hydrogen-bond acceptors (Lipinski definition) is 5. The van der Waals surface area contributed by atoms with E-state index in [-0.39, 0.29) is 17.7 Å². The van der Waals surface area contributed by atoms with Gasteiger partial charge in [-0.1, -0.05) is 11.8 Å². The highest BCUT2D eigenvalue weighted by molar-refractivity contribution is 7.99. The number of anilines is 1. The third kappa shape index (κ3) is 3.34. The summed E-state index contributed by atoms with van der Waals surface area (Å²) in [6.45, 7) is 2.11. The van der Waals surface area contributed by atoms with Crippen molar-refractivity contribution in [2.45, 2.75) is 17.3 Å². The van der Waals surface area contributed by atoms with Crippen LogP contribution in [0.5, 0.6) is 0 Å². The average Bonchev–Trinajstić information content (AvgIpc) is 2.64. The van der Waals surface area contributed by atoms with E-state index in [1.165, 1.54) is 0 Å². The average molecular weight is 272 g/mol. The number of hydrogen-bond donors (Lipinski definition) is 1. The zero-order chi connectivity index (χ0) is 11.5. The van der Waals surface area contributed by atoms with E-state index in [0.29, 0.717) is 5.82 Å². The van der Waals surface area contributed by atoms with Crippen LogP contribution >= 0.6 is 24.2 Å². The van der Waals surface area contributed by atoms with Crippen molar-refractivity contribution in [1.82, 2.24) is 19.7 Å². The number of nitrogen functional groups attached to an aromatic ring is 1. The van der Waals surface area contributed by atoms with E-state index < -0.39 is 0 Å². The van der Waals surface area contributed by atoms with Crippen LogP contribution in [0.2, 0.25) is 0 Å². The fourth-order valence-electron chi connectivity index (χ4n) is 1.32. The standard InChI is InChI=1S/C10H13N5S.ClH/c1-7(8-3-4-12-9(11)5-8)16-10-14-13-6-15(10)2;/h3-7H,1-2H3,(H2,11,12);1H/t7-;/m0./s1. The molecule has 2 N–H and O–H groups in total. The Kier molecular flexibility index (Phi) is 4.77. The van der Waals surface area contributed by atoms with Crippen molar-refractivity contribution < 1.29 is 0 Å². The van der Waals surface area contributed by atoms with Crippen molar-refractivity contribution in [2.75, 3.05) is 5.73 Å². The second-order valence-electron chi connectivity index (χ2n) is 3.50. The first-order chi connectivity index (χ1) is 7.66. The number of thioether (sulfide) groups is 1. The molecule has 92 valence electrons. The van der Waals surface area contributed by atoms with Crippen LogP contribution in [0, 0.1) is 0 Å². The summed E-state index contributed by atoms with van der Waals surface area (Å²) in [5.41, 5.74) is 6.79. The zero-order valence-electron chi connectivity index (χ0n) is 9.57. The Bertz CT molecular complexity index is 487. The van der Waals surface area contributed by atoms with Gasteiger partial charge in [-0.2, -0.15) is 0 Å². The molecule has 2 heterocycles. The Balaban J connectivity index is 0.00000144. The third-order valence-electron chi connectivity index (χ3n) is 2.23. The third-order valence-corrected chi connectivity index (χ3v) is 3.43. The van der Waals surface area contributed by atoms with Crippen LogP contribution in [0.1, 0.15) is 17.7 Å². The van der Waals surface area contributed by atoms with Gasteiger partial charge in [0, 0.05) is 18.5 Å². The largest absolute Gasteiger partial charge is 0.384 e. The molecule has 0 saturated carbocycles. The lowest BCUT2D eigenvalue weighted by atomic mass is 10.2. The van der Waals surface area contributed by atoms with Gasteiger partial charge in [-0.15, -0.1) is 22.6 Å². The summed E-state index contributed by atoms with van der Waals surface area (Å²) in [4.78, 5) is 3.97. The number of nitrogens with two attached hydrogens (primary N) is 1. The first-order valence-corrected chi connectivity index (χ1v) is 5.77. The van der Waals surface area contributed by atoms with Crippen molar-refractivity contribution in [1.29, 1.82) is 0 Å². The summed E-state index contributed by atoms with van der Waals surface area (Å²) < 4.78 is 1.89. The maximum Gasteiger partial charge on any atom is 0.191 e. The lowest BCUT2D eigenvalue weighted by Gasteiger charge is -2.10. The second kappa shape index (κ2) is 5.88. The van der Waals surface area contributed by atoms with Gasteiger partial charge in [-0.05, 0) is 24.6 Å². The number of rotatable bonds is 3. The molecule has 1 atom stereocenters. The van der Waals surface area contributed by atoms with Gasteiger partial charge in [0.15, 0.2) is 5.16 Å². The normalized spacial score (nSPS) is 11.9. The van der Waals surface area contributed by atoms with Crippen molar-refractivity contribution in [2.24, 2.45) is 7.05 Å². The Hall–Kier alpha value is -1.27. The second-order valence-corrected chi connectivity index (χ2v) is 4.81. The van der Waals surface area contributed by atoms with E-state index in [4.69, 9.17) is 5.73 Å². The molecular weight excluding hydrogens is 258 g/mol. The van der Waals surface area contributed by atoms with E-state index >= 15 is 0 Å². The Morgan fingerprint density at radius 2 is 2.24 bits per heavy atom. The Morgan fingerprint density at radius 1 is 1.47 bits per heavy atom. The number of aryl methyl sites for hydroxylation is 1. The van der Waals surface area contributed by atoms with Gasteiger partial charge in [-0.25, -0.2) is 4.98 Å². The Labute approximate surface area is 110 Å². The van der Waals surface area contributed by atoms with E-state index in [0.717, 1.165) is 10.7 Å². The fraction of sp³-hybridized carbons (Fsp3) is 0.300. The van der Waals surface area contributed by atoms with E-state index in [1.54, 1.807) is 24.3 Å². The molecule has 0 aromatic carbocycles. The highest BCUT2D eigenvalue weighted by Gasteiger charge is 2.11. The highest BCUT2D eigenvalue weighted by Crippen LogP contribution is 2.33. The van der Waals surface area contributed by atoms with Crippen molar-refractivity contribution in [3.05, 3.63) is 30.2 Å². The van der Waals surface area contributed by atoms with Crippen LogP contribution in [0.25, 0.3) is 0 Å². The monoisotopic (exact) mass is 271 g/mol. The molecule has 0 unspecified atom stereocenters. The number of aromatic nitrogens is 4. The molecule has 2 aromatic heterocycles. The van der Waals surface area contributed by atoms with E-state index in [2.05, 4.69) is 22.1 Å². The molecule has 0 amide bonds. The molecule has 0 fully saturated rings. The SMILES string of the molecule is C[C@H](Sc1nncn1C)c1ccnc(N)c1.Cl. The van der Waals surface area contributed by atoms with Gasteiger partial charge < -0.3 is 10.3 Å². The molecular formula is C10H14ClN5S. The summed E-state index contributed by atoms with van der Waals surface area (Å²) in [7, 11) is 1.93. The fourth-order valence-corrected chi connectivity index (χ4v) is 2.23. The molecule has 0 spiro atoms. The van der Waals surface area contributed by atoms with Crippen LogP contribution in [-0.2, 0) is 7.05 Å². The summed E-state index contributed by atoms with van der Waals surface area (Å²) in [6, 6.07) is 3.85. The van der Waals surface area contributed by atoms with Gasteiger partial charge in [0.1, 0.15) is 12.1 Å². The summed E-state index contributed by atoms with van der Waals surface area (Å²) in [5.74, 6) is 0.544. The molecule has 0 bridgehead atoms. The Morgan fingerprint density at radius 3 is 2.82 bits per heavy atom. The zero-order valence-corrected chi connectivity index (χ0v) is 11.2. The van der Waals surface area contributed by atoms with Crippen molar-refractivity contribution >= 4 is 30.0 Å². The highest BCUT2D eigenvalue weighted by atomic mass is 35.5. The predicted octanol–water partition coefficient (Wildman–Crippen LogP) is 2.07. The minimum Gasteiger partial charge on any atom is -0.384 e. The van der Waals surface area contributed by atoms with Gasteiger partial charge in [0.2, 0.25) is 0 Å². The molecule has 0 saturated heterocycles. The number of nitrogens with zero attached hydrogens (tertiary/aromatic N) is 4. The molecule has 2 aromatic rings. The number of halogens is 1. The first-order valence-electron chi connectivity index (χ1n) is 4.89. The predicted molar refractivity (Wildman–Crippen MR) is 71.2 cm³/mol. The minimum absolute atomic E-state index is 0. The van der Waals surface area contributed by atoms with E-state index in [1.807, 2.05) is 23.7 Å². The summed E-state index contributed by atoms with van der Waals surface area (Å²) >= 11 is 1.64. The van der Waals surface area contributed by atoms with E-state index in [9.17, 15) is 0 Å². The van der Waals surface area contributed by atoms with Crippen LogP contribution < -0.4 is 5.73 Å². The molecule has 2 rings (SSSR count). The van der Waals surface area contributed by atoms with Crippen molar-refractivity contribution in [3.63, 3.8) is 0 Å². The van der Waals surface area contributed by atoms with Crippen molar-refractivity contribution in [3.8, 4) is 0 Å². The maximum absolute atomic E-state index is 5.65. The molecule has 7 heteroatoms. The van der Waals surface area contributed by atoms with Crippen LogP contribution in [0.4, 0.5) is 5.82 Å². The van der Waals surface area contributed by atoms with Gasteiger partial charge in [0.05, 0.1) is 0 Å². The van der Waals surface area contributed by atoms with Gasteiger partial charge in [0.25, 0.3) is 0 Å². The van der Waals surface area contributed by atoms with Crippen LogP contribution in [-0.4, -0.2) is 19.7 Å². The smallest absolute Gasteiger partial charge is 0.191 e. The minimum atomic E-state index is 0. The maximum atomic E-state index is 5.65. The quantitative estimate of drug-likeness (QED) is 0.866. The van der Waals surface area contributed by atoms with Crippen LogP contribution in [0.3, 0.4) is 0 Å². The summed E-state index contributed by atoms with van der Waals surface area (Å²) in [5, 5.41) is 9.04. The molecule has 5 nitrogen and oxygen atoms in total. The summed E-state index contributed by atoms with van der Waals surface area (Å²) in [6.07, 6.45) is 3.41. The van der Waals surface area contributed by atoms with Crippen LogP contribution in [0.15, 0.2) is 29.8 Å². The molecule has 0 radical (unpaired) electrons. The van der Waals surface area contributed by atoms with Gasteiger partial charge >= 0.3 is 0 Å². The molecule has 0 aliphatic carbocycles. The topological polar surface area (TPSA) is 69.6 Å². The first kappa shape index (κ1) is 13.8. The van der Waals surface area contributed by atoms with Gasteiger partial charge in [-0.3, -0.25) is 0 Å². The molecule has 17 heavy (non-hydrogen) atoms. The lowest BCUT2D eigenvalue weighted by molar-refractivity contribution is 0.785.